The number of aliphatic hydroxyl groups excluding tert-OH is 4. The first-order valence-corrected chi connectivity index (χ1v) is 7.57. The molecule has 0 bridgehead atoms. The lowest BCUT2D eigenvalue weighted by atomic mass is 10.0. The van der Waals surface area contributed by atoms with E-state index in [1.807, 2.05) is 31.2 Å². The van der Waals surface area contributed by atoms with E-state index in [9.17, 15) is 20.4 Å². The van der Waals surface area contributed by atoms with E-state index in [4.69, 9.17) is 0 Å². The van der Waals surface area contributed by atoms with Gasteiger partial charge in [0.15, 0.2) is 0 Å². The zero-order valence-corrected chi connectivity index (χ0v) is 12.7. The largest absolute Gasteiger partial charge is 0.391 e. The molecule has 7 heteroatoms. The third-order valence-corrected chi connectivity index (χ3v) is 4.52. The third-order valence-electron chi connectivity index (χ3n) is 3.33. The van der Waals surface area contributed by atoms with E-state index in [0.717, 1.165) is 11.1 Å². The van der Waals surface area contributed by atoms with Gasteiger partial charge in [-0.3, -0.25) is 5.43 Å². The second kappa shape index (κ2) is 6.76. The van der Waals surface area contributed by atoms with Crippen molar-refractivity contribution in [3.05, 3.63) is 35.4 Å². The molecule has 1 aliphatic heterocycles. The van der Waals surface area contributed by atoms with E-state index < -0.39 is 29.8 Å². The number of rotatable bonds is 5. The molecule has 0 aliphatic carbocycles. The summed E-state index contributed by atoms with van der Waals surface area (Å²) in [5, 5.41) is 43.0. The molecule has 1 heterocycles. The Bertz CT molecular complexity index is 506. The van der Waals surface area contributed by atoms with Crippen LogP contribution >= 0.6 is 11.8 Å². The van der Waals surface area contributed by atoms with Crippen molar-refractivity contribution in [3.8, 4) is 0 Å². The summed E-state index contributed by atoms with van der Waals surface area (Å²) in [6.07, 6.45) is -5.25. The molecule has 21 heavy (non-hydrogen) atoms. The standard InChI is InChI=1S/C14H20N2O4S/c1-7-3-5-9(6-4-7)13-15-16-14(21-13)12(20)11(19)10(18)8(2)17/h3-6,8,10-12,14,16-20H,1-2H3. The first-order chi connectivity index (χ1) is 9.90. The molecule has 0 amide bonds. The Kier molecular flexibility index (Phi) is 5.23. The summed E-state index contributed by atoms with van der Waals surface area (Å²) in [5.41, 5.74) is 4.80. The molecule has 0 radical (unpaired) electrons. The van der Waals surface area contributed by atoms with E-state index >= 15 is 0 Å². The average Bonchev–Trinajstić information content (AvgIpc) is 2.95. The number of aryl methyl sites for hydroxylation is 1. The fraction of sp³-hybridized carbons (Fsp3) is 0.500. The smallest absolute Gasteiger partial charge is 0.125 e. The molecule has 5 atom stereocenters. The number of hydrazone groups is 1. The molecular formula is C14H20N2O4S. The van der Waals surface area contributed by atoms with Crippen LogP contribution in [0.2, 0.25) is 0 Å². The van der Waals surface area contributed by atoms with Crippen LogP contribution in [0.25, 0.3) is 0 Å². The minimum absolute atomic E-state index is 0.579. The molecule has 1 aromatic carbocycles. The highest BCUT2D eigenvalue weighted by molar-refractivity contribution is 8.15. The Morgan fingerprint density at radius 3 is 2.29 bits per heavy atom. The van der Waals surface area contributed by atoms with E-state index in [1.54, 1.807) is 0 Å². The van der Waals surface area contributed by atoms with Gasteiger partial charge in [-0.25, -0.2) is 0 Å². The van der Waals surface area contributed by atoms with Crippen LogP contribution < -0.4 is 5.43 Å². The molecule has 0 fully saturated rings. The molecule has 1 aliphatic rings. The maximum atomic E-state index is 10.1. The number of nitrogens with zero attached hydrogens (tertiary/aromatic N) is 1. The fourth-order valence-electron chi connectivity index (χ4n) is 1.94. The second-order valence-electron chi connectivity index (χ2n) is 5.16. The third kappa shape index (κ3) is 3.75. The maximum Gasteiger partial charge on any atom is 0.125 e. The Balaban J connectivity index is 1.99. The van der Waals surface area contributed by atoms with Crippen LogP contribution in [0, 0.1) is 6.92 Å². The Labute approximate surface area is 127 Å². The quantitative estimate of drug-likeness (QED) is 0.515. The van der Waals surface area contributed by atoms with Crippen molar-refractivity contribution < 1.29 is 20.4 Å². The topological polar surface area (TPSA) is 105 Å². The lowest BCUT2D eigenvalue weighted by Gasteiger charge is -2.27. The highest BCUT2D eigenvalue weighted by Crippen LogP contribution is 2.27. The SMILES string of the molecule is Cc1ccc(C2=NNC(C(O)C(O)C(O)C(C)O)S2)cc1. The Morgan fingerprint density at radius 2 is 1.71 bits per heavy atom. The number of hydrogen-bond donors (Lipinski definition) is 5. The Morgan fingerprint density at radius 1 is 1.10 bits per heavy atom. The molecule has 5 unspecified atom stereocenters. The molecular weight excluding hydrogens is 292 g/mol. The highest BCUT2D eigenvalue weighted by atomic mass is 32.2. The Hall–Kier alpha value is -1.12. The first kappa shape index (κ1) is 16.3. The van der Waals surface area contributed by atoms with Crippen LogP contribution in [0.1, 0.15) is 18.1 Å². The first-order valence-electron chi connectivity index (χ1n) is 6.69. The van der Waals surface area contributed by atoms with Crippen molar-refractivity contribution in [1.29, 1.82) is 0 Å². The van der Waals surface area contributed by atoms with Gasteiger partial charge in [0.25, 0.3) is 0 Å². The monoisotopic (exact) mass is 312 g/mol. The molecule has 2 rings (SSSR count). The van der Waals surface area contributed by atoms with Gasteiger partial charge in [0.05, 0.1) is 6.10 Å². The molecule has 0 spiro atoms. The van der Waals surface area contributed by atoms with Gasteiger partial charge >= 0.3 is 0 Å². The number of hydrogen-bond acceptors (Lipinski definition) is 7. The van der Waals surface area contributed by atoms with Crippen LogP contribution in [-0.2, 0) is 0 Å². The van der Waals surface area contributed by atoms with Crippen LogP contribution in [-0.4, -0.2) is 55.3 Å². The fourth-order valence-corrected chi connectivity index (χ4v) is 2.96. The molecule has 116 valence electrons. The van der Waals surface area contributed by atoms with E-state index in [-0.39, 0.29) is 0 Å². The number of thioether (sulfide) groups is 1. The van der Waals surface area contributed by atoms with Crippen molar-refractivity contribution in [3.63, 3.8) is 0 Å². The minimum Gasteiger partial charge on any atom is -0.391 e. The van der Waals surface area contributed by atoms with Crippen LogP contribution in [0.4, 0.5) is 0 Å². The van der Waals surface area contributed by atoms with Gasteiger partial charge in [-0.15, -0.1) is 0 Å². The van der Waals surface area contributed by atoms with E-state index in [1.165, 1.54) is 18.7 Å². The molecule has 0 aromatic heterocycles. The normalized spacial score (nSPS) is 23.9. The number of nitrogens with one attached hydrogen (secondary N) is 1. The summed E-state index contributed by atoms with van der Waals surface area (Å²) in [7, 11) is 0. The van der Waals surface area contributed by atoms with Gasteiger partial charge in [0.1, 0.15) is 28.7 Å². The molecule has 0 saturated heterocycles. The molecule has 0 saturated carbocycles. The summed E-state index contributed by atoms with van der Waals surface area (Å²) in [4.78, 5) is 0. The van der Waals surface area contributed by atoms with Gasteiger partial charge in [0.2, 0.25) is 0 Å². The minimum atomic E-state index is -1.46. The van der Waals surface area contributed by atoms with E-state index in [0.29, 0.717) is 5.04 Å². The van der Waals surface area contributed by atoms with Crippen molar-refractivity contribution in [2.75, 3.05) is 0 Å². The summed E-state index contributed by atoms with van der Waals surface area (Å²) < 4.78 is 0. The number of benzene rings is 1. The van der Waals surface area contributed by atoms with Gasteiger partial charge < -0.3 is 20.4 Å². The number of aliphatic hydroxyl groups is 4. The second-order valence-corrected chi connectivity index (χ2v) is 6.29. The van der Waals surface area contributed by atoms with Crippen molar-refractivity contribution in [2.45, 2.75) is 43.6 Å². The summed E-state index contributed by atoms with van der Waals surface area (Å²) >= 11 is 1.27. The molecule has 1 aromatic rings. The van der Waals surface area contributed by atoms with Crippen molar-refractivity contribution in [2.24, 2.45) is 5.10 Å². The van der Waals surface area contributed by atoms with Crippen molar-refractivity contribution in [1.82, 2.24) is 5.43 Å². The van der Waals surface area contributed by atoms with Crippen molar-refractivity contribution >= 4 is 16.8 Å². The van der Waals surface area contributed by atoms with Crippen LogP contribution in [0.3, 0.4) is 0 Å². The van der Waals surface area contributed by atoms with Gasteiger partial charge in [-0.1, -0.05) is 41.6 Å². The lowest BCUT2D eigenvalue weighted by Crippen LogP contribution is -2.49. The lowest BCUT2D eigenvalue weighted by molar-refractivity contribution is -0.101. The highest BCUT2D eigenvalue weighted by Gasteiger charge is 2.36. The summed E-state index contributed by atoms with van der Waals surface area (Å²) in [6, 6.07) is 7.79. The van der Waals surface area contributed by atoms with Gasteiger partial charge in [-0.05, 0) is 13.8 Å². The van der Waals surface area contributed by atoms with Gasteiger partial charge in [0, 0.05) is 5.56 Å². The maximum absolute atomic E-state index is 10.1. The van der Waals surface area contributed by atoms with Crippen LogP contribution in [0.15, 0.2) is 29.4 Å². The summed E-state index contributed by atoms with van der Waals surface area (Å²) in [6.45, 7) is 3.34. The zero-order chi connectivity index (χ0) is 15.6. The predicted octanol–water partition coefficient (Wildman–Crippen LogP) is -0.217. The van der Waals surface area contributed by atoms with Crippen LogP contribution in [0.5, 0.6) is 0 Å². The summed E-state index contributed by atoms with van der Waals surface area (Å²) in [5.74, 6) is 0. The molecule has 6 nitrogen and oxygen atoms in total. The molecule has 5 N–H and O–H groups in total. The van der Waals surface area contributed by atoms with E-state index in [2.05, 4.69) is 10.5 Å². The predicted molar refractivity (Wildman–Crippen MR) is 81.9 cm³/mol. The zero-order valence-electron chi connectivity index (χ0n) is 11.8. The van der Waals surface area contributed by atoms with Gasteiger partial charge in [-0.2, -0.15) is 5.10 Å². The average molecular weight is 312 g/mol.